The van der Waals surface area contributed by atoms with Gasteiger partial charge < -0.3 is 5.32 Å². The van der Waals surface area contributed by atoms with Gasteiger partial charge in [0.15, 0.2) is 0 Å². The van der Waals surface area contributed by atoms with E-state index in [1.807, 2.05) is 26.0 Å². The fourth-order valence-electron chi connectivity index (χ4n) is 3.50. The first-order valence-corrected chi connectivity index (χ1v) is 10.9. The fourth-order valence-corrected chi connectivity index (χ4v) is 4.52. The Morgan fingerprint density at radius 2 is 1.34 bits per heavy atom. The Morgan fingerprint density at radius 1 is 0.781 bits per heavy atom. The highest BCUT2D eigenvalue weighted by molar-refractivity contribution is 6.56. The van der Waals surface area contributed by atoms with Crippen molar-refractivity contribution < 1.29 is 14.4 Å². The van der Waals surface area contributed by atoms with Crippen molar-refractivity contribution in [1.29, 1.82) is 0 Å². The highest BCUT2D eigenvalue weighted by Crippen LogP contribution is 2.46. The van der Waals surface area contributed by atoms with Crippen LogP contribution in [0.1, 0.15) is 42.2 Å². The second kappa shape index (κ2) is 8.41. The highest BCUT2D eigenvalue weighted by atomic mass is 35.5. The van der Waals surface area contributed by atoms with Gasteiger partial charge in [0.2, 0.25) is 0 Å². The van der Waals surface area contributed by atoms with Crippen molar-refractivity contribution in [3.8, 4) is 0 Å². The second-order valence-electron chi connectivity index (χ2n) is 7.17. The topological polar surface area (TPSA) is 66.5 Å². The summed E-state index contributed by atoms with van der Waals surface area (Å²) in [6.07, 6.45) is 0. The minimum Gasteiger partial charge on any atom is -0.322 e. The summed E-state index contributed by atoms with van der Waals surface area (Å²) >= 11 is 24.6. The summed E-state index contributed by atoms with van der Waals surface area (Å²) in [5, 5.41) is 2.25. The maximum atomic E-state index is 13.2. The number of carbonyl (C=O) groups is 3. The number of rotatable bonds is 3. The molecule has 1 aliphatic heterocycles. The van der Waals surface area contributed by atoms with Crippen LogP contribution >= 0.6 is 46.4 Å². The molecule has 1 N–H and O–H groups in total. The number of para-hydroxylation sites is 1. The molecule has 3 amide bonds. The number of anilines is 2. The van der Waals surface area contributed by atoms with Crippen LogP contribution in [0.2, 0.25) is 20.1 Å². The van der Waals surface area contributed by atoms with Crippen molar-refractivity contribution in [2.24, 2.45) is 0 Å². The van der Waals surface area contributed by atoms with E-state index in [1.54, 1.807) is 18.2 Å². The lowest BCUT2D eigenvalue weighted by atomic mass is 10.1. The van der Waals surface area contributed by atoms with Gasteiger partial charge in [-0.3, -0.25) is 14.4 Å². The number of hydrogen-bond donors (Lipinski definition) is 1. The van der Waals surface area contributed by atoms with Crippen LogP contribution in [0.25, 0.3) is 0 Å². The van der Waals surface area contributed by atoms with Crippen LogP contribution in [0, 0.1) is 13.8 Å². The van der Waals surface area contributed by atoms with E-state index in [9.17, 15) is 14.4 Å². The van der Waals surface area contributed by atoms with E-state index < -0.39 is 17.7 Å². The molecule has 0 aliphatic carbocycles. The number of carbonyl (C=O) groups excluding carboxylic acids is 3. The molecule has 32 heavy (non-hydrogen) atoms. The third kappa shape index (κ3) is 3.46. The standard InChI is InChI=1S/C23H14Cl4N2O3/c1-10-6-5-8-13(11(10)2)28-21(30)12-7-3-4-9-14(12)29-22(31)15-16(23(29)32)18(25)20(27)19(26)17(15)24/h3-9H,1-2H3,(H,28,30). The van der Waals surface area contributed by atoms with Gasteiger partial charge in [-0.15, -0.1) is 0 Å². The second-order valence-corrected chi connectivity index (χ2v) is 8.68. The Kier molecular flexibility index (Phi) is 5.94. The summed E-state index contributed by atoms with van der Waals surface area (Å²) in [6.45, 7) is 3.82. The number of nitrogens with one attached hydrogen (secondary N) is 1. The van der Waals surface area contributed by atoms with E-state index in [-0.39, 0.29) is 42.5 Å². The van der Waals surface area contributed by atoms with Crippen LogP contribution < -0.4 is 10.2 Å². The van der Waals surface area contributed by atoms with Crippen LogP contribution in [0.5, 0.6) is 0 Å². The molecule has 0 saturated heterocycles. The largest absolute Gasteiger partial charge is 0.322 e. The van der Waals surface area contributed by atoms with Crippen molar-refractivity contribution in [2.75, 3.05) is 10.2 Å². The average molecular weight is 508 g/mol. The van der Waals surface area contributed by atoms with Crippen molar-refractivity contribution in [3.05, 3.63) is 90.4 Å². The van der Waals surface area contributed by atoms with Gasteiger partial charge in [0.1, 0.15) is 0 Å². The van der Waals surface area contributed by atoms with Gasteiger partial charge in [-0.2, -0.15) is 0 Å². The molecule has 0 radical (unpaired) electrons. The first-order chi connectivity index (χ1) is 15.1. The Bertz CT molecular complexity index is 1290. The monoisotopic (exact) mass is 506 g/mol. The number of fused-ring (bicyclic) bond motifs is 1. The molecule has 4 rings (SSSR count). The van der Waals surface area contributed by atoms with Crippen LogP contribution in [0.3, 0.4) is 0 Å². The van der Waals surface area contributed by atoms with Crippen LogP contribution in [0.4, 0.5) is 11.4 Å². The average Bonchev–Trinajstić information content (AvgIpc) is 3.04. The molecule has 1 aliphatic rings. The van der Waals surface area contributed by atoms with E-state index in [0.717, 1.165) is 16.0 Å². The maximum absolute atomic E-state index is 13.2. The fraction of sp³-hybridized carbons (Fsp3) is 0.0870. The Hall–Kier alpha value is -2.57. The lowest BCUT2D eigenvalue weighted by Crippen LogP contribution is -2.31. The van der Waals surface area contributed by atoms with Crippen molar-refractivity contribution in [2.45, 2.75) is 13.8 Å². The SMILES string of the molecule is Cc1cccc(NC(=O)c2ccccc2N2C(=O)c3c(Cl)c(Cl)c(Cl)c(Cl)c3C2=O)c1C. The first kappa shape index (κ1) is 22.6. The third-order valence-corrected chi connectivity index (χ3v) is 7.15. The summed E-state index contributed by atoms with van der Waals surface area (Å²) in [5.41, 5.74) is 2.43. The number of halogens is 4. The molecule has 3 aromatic rings. The summed E-state index contributed by atoms with van der Waals surface area (Å²) < 4.78 is 0. The number of hydrogen-bond acceptors (Lipinski definition) is 3. The van der Waals surface area contributed by atoms with Crippen LogP contribution in [-0.4, -0.2) is 17.7 Å². The third-order valence-electron chi connectivity index (χ3n) is 5.34. The normalized spacial score (nSPS) is 12.9. The van der Waals surface area contributed by atoms with Gasteiger partial charge >= 0.3 is 0 Å². The number of amides is 3. The van der Waals surface area contributed by atoms with Gasteiger partial charge in [-0.1, -0.05) is 70.7 Å². The minimum atomic E-state index is -0.748. The van der Waals surface area contributed by atoms with Crippen LogP contribution in [0.15, 0.2) is 42.5 Å². The maximum Gasteiger partial charge on any atom is 0.267 e. The molecule has 0 unspecified atom stereocenters. The molecule has 0 saturated carbocycles. The van der Waals surface area contributed by atoms with E-state index in [1.165, 1.54) is 12.1 Å². The molecule has 0 spiro atoms. The van der Waals surface area contributed by atoms with Crippen molar-refractivity contribution in [1.82, 2.24) is 0 Å². The number of nitrogens with zero attached hydrogens (tertiary/aromatic N) is 1. The van der Waals surface area contributed by atoms with E-state index >= 15 is 0 Å². The quantitative estimate of drug-likeness (QED) is 0.236. The number of benzene rings is 3. The van der Waals surface area contributed by atoms with E-state index in [4.69, 9.17) is 46.4 Å². The van der Waals surface area contributed by atoms with Crippen molar-refractivity contribution >= 4 is 75.5 Å². The molecule has 1 heterocycles. The summed E-state index contributed by atoms with van der Waals surface area (Å²) in [6, 6.07) is 11.8. The van der Waals surface area contributed by atoms with Gasteiger partial charge in [0.25, 0.3) is 17.7 Å². The Morgan fingerprint density at radius 3 is 1.94 bits per heavy atom. The Balaban J connectivity index is 1.79. The summed E-state index contributed by atoms with van der Waals surface area (Å²) in [4.78, 5) is 40.4. The van der Waals surface area contributed by atoms with E-state index in [2.05, 4.69) is 5.32 Å². The predicted molar refractivity (Wildman–Crippen MR) is 128 cm³/mol. The summed E-state index contributed by atoms with van der Waals surface area (Å²) in [5.74, 6) is -1.98. The van der Waals surface area contributed by atoms with E-state index in [0.29, 0.717) is 5.69 Å². The zero-order chi connectivity index (χ0) is 23.3. The molecule has 162 valence electrons. The van der Waals surface area contributed by atoms with Gasteiger partial charge in [-0.05, 0) is 43.2 Å². The molecule has 9 heteroatoms. The molecular weight excluding hydrogens is 494 g/mol. The highest BCUT2D eigenvalue weighted by Gasteiger charge is 2.43. The molecule has 3 aromatic carbocycles. The lowest BCUT2D eigenvalue weighted by molar-refractivity contribution is 0.0926. The zero-order valence-corrected chi connectivity index (χ0v) is 19.7. The van der Waals surface area contributed by atoms with Gasteiger partial charge in [0.05, 0.1) is 42.5 Å². The number of aryl methyl sites for hydroxylation is 1. The minimum absolute atomic E-state index is 0.0842. The summed E-state index contributed by atoms with van der Waals surface area (Å²) in [7, 11) is 0. The Labute approximate surface area is 203 Å². The number of imide groups is 1. The molecule has 5 nitrogen and oxygen atoms in total. The molecule has 0 aromatic heterocycles. The smallest absolute Gasteiger partial charge is 0.267 e. The lowest BCUT2D eigenvalue weighted by Gasteiger charge is -2.18. The predicted octanol–water partition coefficient (Wildman–Crippen LogP) is 6.97. The molecular formula is C23H14Cl4N2O3. The van der Waals surface area contributed by atoms with Gasteiger partial charge in [0, 0.05) is 5.69 Å². The van der Waals surface area contributed by atoms with Gasteiger partial charge in [-0.25, -0.2) is 4.90 Å². The van der Waals surface area contributed by atoms with Crippen molar-refractivity contribution in [3.63, 3.8) is 0 Å². The first-order valence-electron chi connectivity index (χ1n) is 9.36. The zero-order valence-electron chi connectivity index (χ0n) is 16.7. The molecule has 0 bridgehead atoms. The van der Waals surface area contributed by atoms with Crippen LogP contribution in [-0.2, 0) is 0 Å². The molecule has 0 atom stereocenters. The molecule has 0 fully saturated rings.